The molecule has 1 aromatic carbocycles. The molecular formula is C11H16N2O3. The monoisotopic (exact) mass is 224 g/mol. The molecule has 1 aromatic rings. The number of nitrogens with one attached hydrogen (secondary N) is 1. The minimum Gasteiger partial charge on any atom is -0.399 e. The van der Waals surface area contributed by atoms with Gasteiger partial charge in [0.2, 0.25) is 0 Å². The number of aliphatic hydroxyl groups excluding tert-OH is 1. The van der Waals surface area contributed by atoms with Crippen molar-refractivity contribution in [2.45, 2.75) is 6.61 Å². The molecule has 2 N–H and O–H groups in total. The minimum absolute atomic E-state index is 0.0432. The molecule has 0 aromatic heterocycles. The first-order chi connectivity index (χ1) is 7.83. The van der Waals surface area contributed by atoms with Crippen molar-refractivity contribution in [3.05, 3.63) is 35.4 Å². The second-order valence-electron chi connectivity index (χ2n) is 3.03. The molecule has 0 aliphatic rings. The van der Waals surface area contributed by atoms with Gasteiger partial charge in [-0.3, -0.25) is 4.84 Å². The van der Waals surface area contributed by atoms with Gasteiger partial charge in [0.25, 0.3) is 0 Å². The van der Waals surface area contributed by atoms with E-state index in [1.165, 1.54) is 7.11 Å². The first kappa shape index (κ1) is 12.6. The summed E-state index contributed by atoms with van der Waals surface area (Å²) in [5.74, 6) is 0. The highest BCUT2D eigenvalue weighted by Gasteiger charge is 2.09. The summed E-state index contributed by atoms with van der Waals surface area (Å²) < 4.78 is 0. The maximum Gasteiger partial charge on any atom is 0.115 e. The maximum atomic E-state index is 9.21. The Hall–Kier alpha value is -1.43. The number of nitrogens with zero attached hydrogens (tertiary/aromatic N) is 1. The van der Waals surface area contributed by atoms with Gasteiger partial charge in [-0.25, -0.2) is 5.48 Å². The van der Waals surface area contributed by atoms with Crippen molar-refractivity contribution in [1.29, 1.82) is 0 Å². The molecule has 88 valence electrons. The maximum absolute atomic E-state index is 9.21. The number of hydroxylamine groups is 1. The zero-order chi connectivity index (χ0) is 11.8. The number of hydrogen-bond acceptors (Lipinski definition) is 5. The molecule has 1 rings (SSSR count). The van der Waals surface area contributed by atoms with Crippen molar-refractivity contribution in [1.82, 2.24) is 5.48 Å². The molecule has 5 nitrogen and oxygen atoms in total. The molecule has 0 atom stereocenters. The van der Waals surface area contributed by atoms with E-state index in [9.17, 15) is 5.11 Å². The topological polar surface area (TPSA) is 63.1 Å². The molecule has 16 heavy (non-hydrogen) atoms. The smallest absolute Gasteiger partial charge is 0.115 e. The third-order valence-electron chi connectivity index (χ3n) is 2.05. The van der Waals surface area contributed by atoms with Crippen LogP contribution in [0.25, 0.3) is 0 Å². The van der Waals surface area contributed by atoms with Crippen LogP contribution in [0.2, 0.25) is 0 Å². The summed E-state index contributed by atoms with van der Waals surface area (Å²) in [4.78, 5) is 9.81. The third-order valence-corrected chi connectivity index (χ3v) is 2.05. The van der Waals surface area contributed by atoms with E-state index >= 15 is 0 Å². The largest absolute Gasteiger partial charge is 0.399 e. The second kappa shape index (κ2) is 6.95. The molecule has 0 amide bonds. The minimum atomic E-state index is -0.0432. The van der Waals surface area contributed by atoms with E-state index < -0.39 is 0 Å². The van der Waals surface area contributed by atoms with Crippen LogP contribution in [0, 0.1) is 0 Å². The molecule has 0 spiro atoms. The molecule has 0 bridgehead atoms. The van der Waals surface area contributed by atoms with Crippen molar-refractivity contribution in [2.75, 3.05) is 20.8 Å². The molecule has 0 radical (unpaired) electrons. The van der Waals surface area contributed by atoms with Gasteiger partial charge in [-0.05, 0) is 5.56 Å². The zero-order valence-electron chi connectivity index (χ0n) is 9.43. The Morgan fingerprint density at radius 1 is 1.44 bits per heavy atom. The van der Waals surface area contributed by atoms with E-state index in [1.807, 2.05) is 24.3 Å². The average molecular weight is 224 g/mol. The van der Waals surface area contributed by atoms with Crippen LogP contribution in [0.15, 0.2) is 29.4 Å². The van der Waals surface area contributed by atoms with Crippen molar-refractivity contribution >= 4 is 5.71 Å². The average Bonchev–Trinajstić information content (AvgIpc) is 2.34. The van der Waals surface area contributed by atoms with E-state index in [0.29, 0.717) is 5.71 Å². The number of hydrogen-bond donors (Lipinski definition) is 2. The Morgan fingerprint density at radius 3 is 2.81 bits per heavy atom. The summed E-state index contributed by atoms with van der Waals surface area (Å²) in [5.41, 5.74) is 4.80. The molecule has 0 fully saturated rings. The molecule has 0 aliphatic heterocycles. The van der Waals surface area contributed by atoms with Crippen LogP contribution in [0.1, 0.15) is 11.1 Å². The predicted molar refractivity (Wildman–Crippen MR) is 60.9 cm³/mol. The lowest BCUT2D eigenvalue weighted by molar-refractivity contribution is 0.0866. The van der Waals surface area contributed by atoms with Gasteiger partial charge in [0.1, 0.15) is 19.4 Å². The van der Waals surface area contributed by atoms with Crippen molar-refractivity contribution < 1.29 is 14.8 Å². The molecular weight excluding hydrogens is 208 g/mol. The van der Waals surface area contributed by atoms with E-state index in [4.69, 9.17) is 9.68 Å². The number of benzene rings is 1. The highest BCUT2D eigenvalue weighted by Crippen LogP contribution is 2.10. The van der Waals surface area contributed by atoms with Crippen LogP contribution in [0.4, 0.5) is 0 Å². The highest BCUT2D eigenvalue weighted by molar-refractivity contribution is 6.02. The molecule has 5 heteroatoms. The van der Waals surface area contributed by atoms with Gasteiger partial charge < -0.3 is 9.94 Å². The Kier molecular flexibility index (Phi) is 5.49. The van der Waals surface area contributed by atoms with Gasteiger partial charge in [0.15, 0.2) is 0 Å². The molecule has 0 unspecified atom stereocenters. The lowest BCUT2D eigenvalue weighted by Gasteiger charge is -2.09. The number of rotatable bonds is 6. The van der Waals surface area contributed by atoms with Gasteiger partial charge >= 0.3 is 0 Å². The normalized spacial score (nSPS) is 11.6. The van der Waals surface area contributed by atoms with Crippen LogP contribution < -0.4 is 5.48 Å². The Balaban J connectivity index is 2.96. The molecule has 0 heterocycles. The first-order valence-corrected chi connectivity index (χ1v) is 4.91. The Morgan fingerprint density at radius 2 is 2.19 bits per heavy atom. The quantitative estimate of drug-likeness (QED) is 0.551. The van der Waals surface area contributed by atoms with E-state index in [1.54, 1.807) is 7.05 Å². The zero-order valence-corrected chi connectivity index (χ0v) is 9.43. The van der Waals surface area contributed by atoms with Crippen molar-refractivity contribution in [3.63, 3.8) is 0 Å². The lowest BCUT2D eigenvalue weighted by atomic mass is 10.0. The highest BCUT2D eigenvalue weighted by atomic mass is 16.6. The van der Waals surface area contributed by atoms with Crippen LogP contribution in [-0.2, 0) is 16.3 Å². The molecule has 0 saturated carbocycles. The van der Waals surface area contributed by atoms with Gasteiger partial charge in [0.05, 0.1) is 6.61 Å². The summed E-state index contributed by atoms with van der Waals surface area (Å²) in [5, 5.41) is 13.1. The van der Waals surface area contributed by atoms with Crippen molar-refractivity contribution in [3.8, 4) is 0 Å². The third kappa shape index (κ3) is 3.30. The summed E-state index contributed by atoms with van der Waals surface area (Å²) in [7, 11) is 3.14. The van der Waals surface area contributed by atoms with Gasteiger partial charge in [0, 0.05) is 12.6 Å². The van der Waals surface area contributed by atoms with E-state index in [0.717, 1.165) is 11.1 Å². The first-order valence-electron chi connectivity index (χ1n) is 4.91. The van der Waals surface area contributed by atoms with Gasteiger partial charge in [-0.2, -0.15) is 0 Å². The van der Waals surface area contributed by atoms with Crippen LogP contribution >= 0.6 is 0 Å². The van der Waals surface area contributed by atoms with Crippen LogP contribution in [0.5, 0.6) is 0 Å². The van der Waals surface area contributed by atoms with Gasteiger partial charge in [-0.1, -0.05) is 29.4 Å². The predicted octanol–water partition coefficient (Wildman–Crippen LogP) is 0.680. The Bertz CT molecular complexity index is 353. The summed E-state index contributed by atoms with van der Waals surface area (Å²) in [6, 6.07) is 7.43. The number of oxime groups is 1. The summed E-state index contributed by atoms with van der Waals surface area (Å²) in [6.45, 7) is 0.222. The SMILES string of the molecule is CNOC/C(=N\OC)c1ccccc1CO. The fraction of sp³-hybridized carbons (Fsp3) is 0.364. The lowest BCUT2D eigenvalue weighted by Crippen LogP contribution is -2.18. The summed E-state index contributed by atoms with van der Waals surface area (Å²) in [6.07, 6.45) is 0. The molecule has 0 saturated heterocycles. The molecule has 0 aliphatic carbocycles. The van der Waals surface area contributed by atoms with E-state index in [-0.39, 0.29) is 13.2 Å². The summed E-state index contributed by atoms with van der Waals surface area (Å²) >= 11 is 0. The van der Waals surface area contributed by atoms with E-state index in [2.05, 4.69) is 10.6 Å². The van der Waals surface area contributed by atoms with Crippen molar-refractivity contribution in [2.24, 2.45) is 5.16 Å². The van der Waals surface area contributed by atoms with Crippen LogP contribution in [0.3, 0.4) is 0 Å². The Labute approximate surface area is 94.6 Å². The fourth-order valence-electron chi connectivity index (χ4n) is 1.34. The van der Waals surface area contributed by atoms with Gasteiger partial charge in [-0.15, -0.1) is 0 Å². The second-order valence-corrected chi connectivity index (χ2v) is 3.03. The number of aliphatic hydroxyl groups is 1. The standard InChI is InChI=1S/C11H16N2O3/c1-12-16-8-11(13-15-2)10-6-4-3-5-9(10)7-14/h3-6,12,14H,7-8H2,1-2H3/b13-11+. The van der Waals surface area contributed by atoms with Crippen LogP contribution in [-0.4, -0.2) is 31.6 Å². The fourth-order valence-corrected chi connectivity index (χ4v) is 1.34.